The van der Waals surface area contributed by atoms with E-state index in [4.69, 9.17) is 14.2 Å². The molecule has 7 nitrogen and oxygen atoms in total. The van der Waals surface area contributed by atoms with Gasteiger partial charge in [-0.1, -0.05) is 6.92 Å². The van der Waals surface area contributed by atoms with Crippen molar-refractivity contribution in [2.45, 2.75) is 45.7 Å². The van der Waals surface area contributed by atoms with Crippen molar-refractivity contribution in [1.29, 1.82) is 0 Å². The van der Waals surface area contributed by atoms with E-state index in [-0.39, 0.29) is 29.0 Å². The highest BCUT2D eigenvalue weighted by molar-refractivity contribution is 5.94. The molecule has 1 amide bonds. The van der Waals surface area contributed by atoms with Crippen LogP contribution in [0.2, 0.25) is 0 Å². The number of carbonyl (C=O) groups excluding carboxylic acids is 1. The maximum Gasteiger partial charge on any atom is 0.257 e. The van der Waals surface area contributed by atoms with Crippen LogP contribution in [0.3, 0.4) is 0 Å². The first-order chi connectivity index (χ1) is 14.4. The summed E-state index contributed by atoms with van der Waals surface area (Å²) in [7, 11) is 3.18. The van der Waals surface area contributed by atoms with Gasteiger partial charge in [-0.15, -0.1) is 0 Å². The molecule has 7 heteroatoms. The van der Waals surface area contributed by atoms with Crippen molar-refractivity contribution in [2.75, 3.05) is 27.4 Å². The lowest BCUT2D eigenvalue weighted by molar-refractivity contribution is 0.0903. The first-order valence-corrected chi connectivity index (χ1v) is 10.3. The highest BCUT2D eigenvalue weighted by Gasteiger charge is 2.27. The summed E-state index contributed by atoms with van der Waals surface area (Å²) in [4.78, 5) is 25.5. The Morgan fingerprint density at radius 3 is 2.63 bits per heavy atom. The molecule has 0 spiro atoms. The average molecular weight is 415 g/mol. The maximum atomic E-state index is 12.8. The Kier molecular flexibility index (Phi) is 6.82. The van der Waals surface area contributed by atoms with Crippen molar-refractivity contribution in [2.24, 2.45) is 0 Å². The quantitative estimate of drug-likeness (QED) is 0.718. The molecular weight excluding hydrogens is 384 g/mol. The number of nitrogens with zero attached hydrogens (tertiary/aromatic N) is 1. The zero-order valence-corrected chi connectivity index (χ0v) is 18.3. The molecule has 1 aromatic carbocycles. The van der Waals surface area contributed by atoms with Crippen LogP contribution in [-0.2, 0) is 11.2 Å². The van der Waals surface area contributed by atoms with Crippen molar-refractivity contribution in [3.63, 3.8) is 0 Å². The summed E-state index contributed by atoms with van der Waals surface area (Å²) in [6.07, 6.45) is 3.34. The van der Waals surface area contributed by atoms with Crippen molar-refractivity contribution < 1.29 is 19.0 Å². The summed E-state index contributed by atoms with van der Waals surface area (Å²) < 4.78 is 18.3. The van der Waals surface area contributed by atoms with Gasteiger partial charge in [0.2, 0.25) is 0 Å². The number of rotatable bonds is 8. The van der Waals surface area contributed by atoms with Crippen LogP contribution in [0.25, 0.3) is 11.3 Å². The number of fused-ring (bicyclic) bond motifs is 3. The predicted octanol–water partition coefficient (Wildman–Crippen LogP) is 3.19. The van der Waals surface area contributed by atoms with E-state index in [9.17, 15) is 9.59 Å². The number of hydrogen-bond donors (Lipinski definition) is 1. The van der Waals surface area contributed by atoms with Gasteiger partial charge < -0.3 is 24.1 Å². The molecule has 1 aromatic heterocycles. The second-order valence-corrected chi connectivity index (χ2v) is 7.53. The van der Waals surface area contributed by atoms with Crippen LogP contribution in [0.15, 0.2) is 29.2 Å². The van der Waals surface area contributed by atoms with Gasteiger partial charge in [-0.05, 0) is 44.4 Å². The Morgan fingerprint density at radius 2 is 2.00 bits per heavy atom. The lowest BCUT2D eigenvalue weighted by Crippen LogP contribution is -2.38. The standard InChI is InChI=1S/C23H30N2O5/c1-6-16-8-15-9-22(30-7-2)21(29-5)10-17(15)19-11-20(26)18(12-25(16)19)23(27)24-14(3)13-28-4/h9-12,14,16H,6-8,13H2,1-5H3,(H,24,27). The van der Waals surface area contributed by atoms with E-state index in [1.165, 1.54) is 0 Å². The van der Waals surface area contributed by atoms with Gasteiger partial charge in [0, 0.05) is 37.0 Å². The summed E-state index contributed by atoms with van der Waals surface area (Å²) in [6.45, 7) is 6.80. The number of nitrogens with one attached hydrogen (secondary N) is 1. The third-order valence-electron chi connectivity index (χ3n) is 5.40. The molecule has 0 bridgehead atoms. The second kappa shape index (κ2) is 9.34. The van der Waals surface area contributed by atoms with E-state index in [2.05, 4.69) is 12.2 Å². The molecule has 2 aromatic rings. The SMILES string of the molecule is CCOc1cc2c(cc1OC)-c1cc(=O)c(C(=O)NC(C)COC)cn1C(CC)C2. The van der Waals surface area contributed by atoms with Gasteiger partial charge in [-0.2, -0.15) is 0 Å². The monoisotopic (exact) mass is 414 g/mol. The predicted molar refractivity (Wildman–Crippen MR) is 116 cm³/mol. The van der Waals surface area contributed by atoms with Crippen LogP contribution in [0.5, 0.6) is 11.5 Å². The molecule has 30 heavy (non-hydrogen) atoms. The van der Waals surface area contributed by atoms with Crippen molar-refractivity contribution in [3.05, 3.63) is 45.7 Å². The van der Waals surface area contributed by atoms with Gasteiger partial charge in [0.05, 0.1) is 26.0 Å². The van der Waals surface area contributed by atoms with Crippen LogP contribution in [0.1, 0.15) is 49.2 Å². The summed E-state index contributed by atoms with van der Waals surface area (Å²) >= 11 is 0. The van der Waals surface area contributed by atoms with Crippen LogP contribution in [0.4, 0.5) is 0 Å². The highest BCUT2D eigenvalue weighted by Crippen LogP contribution is 2.41. The summed E-state index contributed by atoms with van der Waals surface area (Å²) in [5.41, 5.74) is 2.66. The molecule has 0 aliphatic carbocycles. The molecule has 1 aliphatic heterocycles. The number of pyridine rings is 1. The normalized spacial score (nSPS) is 15.7. The van der Waals surface area contributed by atoms with E-state index < -0.39 is 0 Å². The fraction of sp³-hybridized carbons (Fsp3) is 0.478. The number of hydrogen-bond acceptors (Lipinski definition) is 5. The molecule has 1 N–H and O–H groups in total. The van der Waals surface area contributed by atoms with Gasteiger partial charge in [-0.25, -0.2) is 0 Å². The Morgan fingerprint density at radius 1 is 1.23 bits per heavy atom. The molecule has 2 heterocycles. The third kappa shape index (κ3) is 4.21. The van der Waals surface area contributed by atoms with Gasteiger partial charge in [0.25, 0.3) is 5.91 Å². The minimum Gasteiger partial charge on any atom is -0.493 e. The molecule has 2 unspecified atom stereocenters. The van der Waals surface area contributed by atoms with Gasteiger partial charge in [0.1, 0.15) is 5.56 Å². The van der Waals surface area contributed by atoms with Crippen LogP contribution in [0, 0.1) is 0 Å². The van der Waals surface area contributed by atoms with E-state index >= 15 is 0 Å². The first kappa shape index (κ1) is 21.9. The van der Waals surface area contributed by atoms with Gasteiger partial charge in [0.15, 0.2) is 16.9 Å². The number of aromatic nitrogens is 1. The summed E-state index contributed by atoms with van der Waals surface area (Å²) in [6, 6.07) is 5.42. The largest absolute Gasteiger partial charge is 0.493 e. The van der Waals surface area contributed by atoms with Crippen molar-refractivity contribution in [3.8, 4) is 22.8 Å². The van der Waals surface area contributed by atoms with Crippen molar-refractivity contribution >= 4 is 5.91 Å². The Labute approximate surface area is 177 Å². The lowest BCUT2D eigenvalue weighted by Gasteiger charge is -2.31. The fourth-order valence-corrected chi connectivity index (χ4v) is 3.96. The van der Waals surface area contributed by atoms with E-state index in [1.807, 2.05) is 30.5 Å². The summed E-state index contributed by atoms with van der Waals surface area (Å²) in [5.74, 6) is 0.942. The lowest BCUT2D eigenvalue weighted by atomic mass is 9.90. The molecule has 0 radical (unpaired) electrons. The molecule has 162 valence electrons. The smallest absolute Gasteiger partial charge is 0.257 e. The molecule has 0 fully saturated rings. The van der Waals surface area contributed by atoms with E-state index in [1.54, 1.807) is 26.5 Å². The molecule has 0 saturated heterocycles. The number of carbonyl (C=O) groups is 1. The number of benzene rings is 1. The van der Waals surface area contributed by atoms with Gasteiger partial charge >= 0.3 is 0 Å². The number of methoxy groups -OCH3 is 2. The van der Waals surface area contributed by atoms with E-state index in [0.717, 1.165) is 29.7 Å². The molecule has 2 atom stereocenters. The fourth-order valence-electron chi connectivity index (χ4n) is 3.96. The van der Waals surface area contributed by atoms with E-state index in [0.29, 0.717) is 24.7 Å². The third-order valence-corrected chi connectivity index (χ3v) is 5.40. The summed E-state index contributed by atoms with van der Waals surface area (Å²) in [5, 5.41) is 2.82. The van der Waals surface area contributed by atoms with Gasteiger partial charge in [-0.3, -0.25) is 9.59 Å². The average Bonchev–Trinajstić information content (AvgIpc) is 2.72. The second-order valence-electron chi connectivity index (χ2n) is 7.53. The zero-order chi connectivity index (χ0) is 21.8. The molecule has 1 aliphatic rings. The first-order valence-electron chi connectivity index (χ1n) is 10.3. The minimum absolute atomic E-state index is 0.138. The zero-order valence-electron chi connectivity index (χ0n) is 18.3. The Hall–Kier alpha value is -2.80. The minimum atomic E-state index is -0.384. The maximum absolute atomic E-state index is 12.8. The molecule has 3 rings (SSSR count). The highest BCUT2D eigenvalue weighted by atomic mass is 16.5. The number of ether oxygens (including phenoxy) is 3. The van der Waals surface area contributed by atoms with Crippen LogP contribution >= 0.6 is 0 Å². The molecule has 0 saturated carbocycles. The number of amides is 1. The Bertz CT molecular complexity index is 982. The van der Waals surface area contributed by atoms with Crippen LogP contribution in [-0.4, -0.2) is 43.9 Å². The topological polar surface area (TPSA) is 78.8 Å². The van der Waals surface area contributed by atoms with Crippen LogP contribution < -0.4 is 20.2 Å². The molecular formula is C23H30N2O5. The Balaban J connectivity index is 2.08. The van der Waals surface area contributed by atoms with Crippen molar-refractivity contribution in [1.82, 2.24) is 9.88 Å².